The summed E-state index contributed by atoms with van der Waals surface area (Å²) in [6, 6.07) is 5.84. The normalized spacial score (nSPS) is 13.5. The van der Waals surface area contributed by atoms with Gasteiger partial charge in [0.2, 0.25) is 5.91 Å². The molecule has 140 valence electrons. The number of carbonyl (C=O) groups is 3. The molecule has 2 unspecified atom stereocenters. The zero-order valence-electron chi connectivity index (χ0n) is 15.7. The fraction of sp³-hybridized carbons (Fsp3) is 0.421. The Kier molecular flexibility index (Phi) is 5.69. The van der Waals surface area contributed by atoms with Gasteiger partial charge in [-0.3, -0.25) is 14.4 Å². The molecule has 2 rings (SSSR count). The van der Waals surface area contributed by atoms with Crippen molar-refractivity contribution in [2.75, 3.05) is 0 Å². The summed E-state index contributed by atoms with van der Waals surface area (Å²) in [5.74, 6) is -2.22. The molecule has 1 heterocycles. The molecule has 0 fully saturated rings. The largest absolute Gasteiger partial charge is 0.480 e. The number of hydrogen-bond donors (Lipinski definition) is 3. The van der Waals surface area contributed by atoms with E-state index in [9.17, 15) is 14.4 Å². The van der Waals surface area contributed by atoms with Gasteiger partial charge in [0, 0.05) is 18.0 Å². The minimum absolute atomic E-state index is 0.197. The van der Waals surface area contributed by atoms with Crippen LogP contribution in [0.1, 0.15) is 36.8 Å². The molecule has 0 saturated carbocycles. The third-order valence-corrected chi connectivity index (χ3v) is 4.40. The standard InChI is InChI=1S/C19H25N3O4/c1-10(2)16(18(24)20-12(4)19(25)26)21-17(23)15-9-13-8-11(3)6-7-14(13)22(15)5/h6-10,12,16H,1-5H3,(H,20,24)(H,21,23)(H,25,26). The molecule has 1 aromatic heterocycles. The Labute approximate surface area is 152 Å². The lowest BCUT2D eigenvalue weighted by atomic mass is 10.0. The molecule has 0 aliphatic heterocycles. The Morgan fingerprint density at radius 3 is 2.31 bits per heavy atom. The molecule has 0 saturated heterocycles. The predicted octanol–water partition coefficient (Wildman–Crippen LogP) is 1.83. The van der Waals surface area contributed by atoms with E-state index >= 15 is 0 Å². The summed E-state index contributed by atoms with van der Waals surface area (Å²) in [6.07, 6.45) is 0. The number of fused-ring (bicyclic) bond motifs is 1. The van der Waals surface area contributed by atoms with E-state index in [-0.39, 0.29) is 11.8 Å². The third kappa shape index (κ3) is 4.04. The number of carbonyl (C=O) groups excluding carboxylic acids is 2. The summed E-state index contributed by atoms with van der Waals surface area (Å²) in [5, 5.41) is 15.0. The predicted molar refractivity (Wildman–Crippen MR) is 99.0 cm³/mol. The van der Waals surface area contributed by atoms with Crippen molar-refractivity contribution in [2.45, 2.75) is 39.8 Å². The molecular weight excluding hydrogens is 334 g/mol. The Hall–Kier alpha value is -2.83. The maximum atomic E-state index is 12.7. The molecule has 0 aliphatic carbocycles. The van der Waals surface area contributed by atoms with Gasteiger partial charge in [-0.05, 0) is 38.0 Å². The van der Waals surface area contributed by atoms with Crippen molar-refractivity contribution in [3.8, 4) is 0 Å². The van der Waals surface area contributed by atoms with Gasteiger partial charge < -0.3 is 20.3 Å². The van der Waals surface area contributed by atoms with Gasteiger partial charge in [-0.25, -0.2) is 0 Å². The first-order chi connectivity index (χ1) is 12.1. The topological polar surface area (TPSA) is 100 Å². The van der Waals surface area contributed by atoms with E-state index in [1.165, 1.54) is 6.92 Å². The fourth-order valence-electron chi connectivity index (χ4n) is 2.80. The Balaban J connectivity index is 2.24. The van der Waals surface area contributed by atoms with Gasteiger partial charge in [-0.1, -0.05) is 25.5 Å². The summed E-state index contributed by atoms with van der Waals surface area (Å²) in [6.45, 7) is 6.95. The summed E-state index contributed by atoms with van der Waals surface area (Å²) in [7, 11) is 1.80. The smallest absolute Gasteiger partial charge is 0.325 e. The average molecular weight is 359 g/mol. The van der Waals surface area contributed by atoms with E-state index in [1.54, 1.807) is 31.5 Å². The van der Waals surface area contributed by atoms with Crippen LogP contribution < -0.4 is 10.6 Å². The number of nitrogens with zero attached hydrogens (tertiary/aromatic N) is 1. The van der Waals surface area contributed by atoms with Crippen LogP contribution in [0.25, 0.3) is 10.9 Å². The van der Waals surface area contributed by atoms with E-state index in [0.717, 1.165) is 16.5 Å². The second-order valence-electron chi connectivity index (χ2n) is 6.91. The number of amides is 2. The van der Waals surface area contributed by atoms with E-state index in [0.29, 0.717) is 5.69 Å². The number of benzene rings is 1. The van der Waals surface area contributed by atoms with Gasteiger partial charge in [0.05, 0.1) is 0 Å². The minimum Gasteiger partial charge on any atom is -0.480 e. The number of aliphatic carboxylic acids is 1. The van der Waals surface area contributed by atoms with E-state index < -0.39 is 24.0 Å². The number of carboxylic acids is 1. The van der Waals surface area contributed by atoms with Crippen molar-refractivity contribution in [3.05, 3.63) is 35.5 Å². The third-order valence-electron chi connectivity index (χ3n) is 4.40. The highest BCUT2D eigenvalue weighted by Gasteiger charge is 2.28. The zero-order valence-corrected chi connectivity index (χ0v) is 15.7. The van der Waals surface area contributed by atoms with E-state index in [4.69, 9.17) is 5.11 Å². The van der Waals surface area contributed by atoms with Crippen LogP contribution in [0.2, 0.25) is 0 Å². The Bertz CT molecular complexity index is 854. The van der Waals surface area contributed by atoms with Crippen LogP contribution in [-0.2, 0) is 16.6 Å². The second-order valence-corrected chi connectivity index (χ2v) is 6.91. The molecule has 2 aromatic rings. The molecule has 1 aromatic carbocycles. The number of hydrogen-bond acceptors (Lipinski definition) is 3. The van der Waals surface area contributed by atoms with Gasteiger partial charge in [0.25, 0.3) is 5.91 Å². The first-order valence-corrected chi connectivity index (χ1v) is 8.52. The molecule has 2 atom stereocenters. The molecule has 2 amide bonds. The van der Waals surface area contributed by atoms with Crippen LogP contribution in [0.3, 0.4) is 0 Å². The Morgan fingerprint density at radius 1 is 1.08 bits per heavy atom. The maximum Gasteiger partial charge on any atom is 0.325 e. The molecule has 0 radical (unpaired) electrons. The van der Waals surface area contributed by atoms with Gasteiger partial charge in [0.15, 0.2) is 0 Å². The van der Waals surface area contributed by atoms with Crippen molar-refractivity contribution in [1.82, 2.24) is 15.2 Å². The highest BCUT2D eigenvalue weighted by molar-refractivity contribution is 6.01. The monoisotopic (exact) mass is 359 g/mol. The molecule has 7 nitrogen and oxygen atoms in total. The van der Waals surface area contributed by atoms with Gasteiger partial charge >= 0.3 is 5.97 Å². The lowest BCUT2D eigenvalue weighted by molar-refractivity contribution is -0.141. The molecule has 0 bridgehead atoms. The average Bonchev–Trinajstić information content (AvgIpc) is 2.87. The van der Waals surface area contributed by atoms with Crippen molar-refractivity contribution in [2.24, 2.45) is 13.0 Å². The quantitative estimate of drug-likeness (QED) is 0.732. The first kappa shape index (κ1) is 19.5. The number of aromatic nitrogens is 1. The van der Waals surface area contributed by atoms with Crippen molar-refractivity contribution in [1.29, 1.82) is 0 Å². The number of nitrogens with one attached hydrogen (secondary N) is 2. The van der Waals surface area contributed by atoms with Gasteiger partial charge in [0.1, 0.15) is 17.8 Å². The van der Waals surface area contributed by atoms with Crippen molar-refractivity contribution >= 4 is 28.7 Å². The van der Waals surface area contributed by atoms with Crippen LogP contribution in [0.15, 0.2) is 24.3 Å². The van der Waals surface area contributed by atoms with Crippen molar-refractivity contribution in [3.63, 3.8) is 0 Å². The summed E-state index contributed by atoms with van der Waals surface area (Å²) in [4.78, 5) is 36.0. The van der Waals surface area contributed by atoms with Crippen molar-refractivity contribution < 1.29 is 19.5 Å². The van der Waals surface area contributed by atoms with Crippen LogP contribution in [0.4, 0.5) is 0 Å². The number of aryl methyl sites for hydroxylation is 2. The van der Waals surface area contributed by atoms with Crippen LogP contribution in [-0.4, -0.2) is 39.5 Å². The molecule has 0 aliphatic rings. The second kappa shape index (κ2) is 7.59. The van der Waals surface area contributed by atoms with E-state index in [1.807, 2.05) is 25.1 Å². The zero-order chi connectivity index (χ0) is 19.6. The minimum atomic E-state index is -1.13. The molecule has 3 N–H and O–H groups in total. The number of rotatable bonds is 6. The van der Waals surface area contributed by atoms with Gasteiger partial charge in [-0.2, -0.15) is 0 Å². The molecule has 7 heteroatoms. The highest BCUT2D eigenvalue weighted by Crippen LogP contribution is 2.20. The molecule has 26 heavy (non-hydrogen) atoms. The Morgan fingerprint density at radius 2 is 1.73 bits per heavy atom. The number of carboxylic acid groups (broad SMARTS) is 1. The summed E-state index contributed by atoms with van der Waals surface area (Å²) in [5.41, 5.74) is 2.46. The lowest BCUT2D eigenvalue weighted by Gasteiger charge is -2.23. The first-order valence-electron chi connectivity index (χ1n) is 8.52. The van der Waals surface area contributed by atoms with E-state index in [2.05, 4.69) is 10.6 Å². The maximum absolute atomic E-state index is 12.7. The highest BCUT2D eigenvalue weighted by atomic mass is 16.4. The summed E-state index contributed by atoms with van der Waals surface area (Å²) < 4.78 is 1.78. The van der Waals surface area contributed by atoms with Crippen LogP contribution >= 0.6 is 0 Å². The molecule has 0 spiro atoms. The van der Waals surface area contributed by atoms with Crippen LogP contribution in [0, 0.1) is 12.8 Å². The van der Waals surface area contributed by atoms with Gasteiger partial charge in [-0.15, -0.1) is 0 Å². The summed E-state index contributed by atoms with van der Waals surface area (Å²) >= 11 is 0. The van der Waals surface area contributed by atoms with Crippen LogP contribution in [0.5, 0.6) is 0 Å². The lowest BCUT2D eigenvalue weighted by Crippen LogP contribution is -2.53. The fourth-order valence-corrected chi connectivity index (χ4v) is 2.80. The SMILES string of the molecule is Cc1ccc2c(c1)cc(C(=O)NC(C(=O)NC(C)C(=O)O)C(C)C)n2C. The molecular formula is C19H25N3O4.